The van der Waals surface area contributed by atoms with Gasteiger partial charge in [0.15, 0.2) is 5.78 Å². The van der Waals surface area contributed by atoms with Gasteiger partial charge in [0.1, 0.15) is 11.9 Å². The van der Waals surface area contributed by atoms with E-state index >= 15 is 0 Å². The number of pyridine rings is 1. The van der Waals surface area contributed by atoms with E-state index in [0.29, 0.717) is 12.3 Å². The number of benzene rings is 3. The summed E-state index contributed by atoms with van der Waals surface area (Å²) in [6, 6.07) is 14.1. The summed E-state index contributed by atoms with van der Waals surface area (Å²) in [7, 11) is 0. The molecule has 4 aromatic rings. The van der Waals surface area contributed by atoms with E-state index in [2.05, 4.69) is 24.3 Å². The van der Waals surface area contributed by atoms with Gasteiger partial charge in [-0.25, -0.2) is 0 Å². The number of fused-ring (bicyclic) bond motifs is 1. The summed E-state index contributed by atoms with van der Waals surface area (Å²) in [5.74, 6) is 0.807. The van der Waals surface area contributed by atoms with Crippen molar-refractivity contribution in [3.63, 3.8) is 0 Å². The van der Waals surface area contributed by atoms with Crippen molar-refractivity contribution in [1.82, 2.24) is 4.98 Å². The van der Waals surface area contributed by atoms with Gasteiger partial charge in [0.05, 0.1) is 17.7 Å². The van der Waals surface area contributed by atoms with Gasteiger partial charge in [-0.05, 0) is 92.6 Å². The minimum atomic E-state index is -0.720. The fourth-order valence-corrected chi connectivity index (χ4v) is 5.03. The first-order valence-corrected chi connectivity index (χ1v) is 11.7. The maximum Gasteiger partial charge on any atom is 0.163 e. The smallest absolute Gasteiger partial charge is 0.163 e. The maximum atomic E-state index is 13.0. The number of aromatic nitrogens is 1. The van der Waals surface area contributed by atoms with Crippen LogP contribution in [0.4, 0.5) is 5.69 Å². The summed E-state index contributed by atoms with van der Waals surface area (Å²) in [6.07, 6.45) is 1.98. The first-order valence-electron chi connectivity index (χ1n) is 11.7. The van der Waals surface area contributed by atoms with E-state index in [-0.39, 0.29) is 5.78 Å². The Bertz CT molecular complexity index is 1440. The number of anilines is 1. The van der Waals surface area contributed by atoms with Crippen molar-refractivity contribution >= 4 is 33.1 Å². The molecule has 2 heterocycles. The first kappa shape index (κ1) is 22.4. The van der Waals surface area contributed by atoms with E-state index in [9.17, 15) is 4.79 Å². The summed E-state index contributed by atoms with van der Waals surface area (Å²) in [4.78, 5) is 17.8. The molecule has 0 fully saturated rings. The molecular formula is C29H30N2O3. The van der Waals surface area contributed by atoms with Gasteiger partial charge in [-0.3, -0.25) is 9.78 Å². The van der Waals surface area contributed by atoms with Crippen LogP contribution in [-0.2, 0) is 16.0 Å². The SMILES string of the molecule is CC(=O)[C@@H](OC(C)(C)C)c1c(C)cc2c(N)cccc2c1-c1ccc2c3c(ccnc13)CCO2. The molecule has 3 aromatic carbocycles. The Hall–Kier alpha value is -3.44. The zero-order valence-electron chi connectivity index (χ0n) is 20.4. The lowest BCUT2D eigenvalue weighted by Gasteiger charge is -2.30. The van der Waals surface area contributed by atoms with E-state index in [1.54, 1.807) is 6.92 Å². The highest BCUT2D eigenvalue weighted by Crippen LogP contribution is 2.45. The number of hydrogen-bond donors (Lipinski definition) is 1. The van der Waals surface area contributed by atoms with Gasteiger partial charge in [0.25, 0.3) is 0 Å². The molecule has 0 radical (unpaired) electrons. The van der Waals surface area contributed by atoms with Crippen LogP contribution >= 0.6 is 0 Å². The lowest BCUT2D eigenvalue weighted by molar-refractivity contribution is -0.138. The predicted octanol–water partition coefficient (Wildman–Crippen LogP) is 6.33. The summed E-state index contributed by atoms with van der Waals surface area (Å²) >= 11 is 0. The number of rotatable bonds is 4. The third-order valence-electron chi connectivity index (χ3n) is 6.41. The second-order valence-corrected chi connectivity index (χ2v) is 10.0. The van der Waals surface area contributed by atoms with Crippen LogP contribution in [0.25, 0.3) is 32.8 Å². The second kappa shape index (κ2) is 8.10. The number of ketones is 1. The largest absolute Gasteiger partial charge is 0.493 e. The number of nitrogens with zero attached hydrogens (tertiary/aromatic N) is 1. The first-order chi connectivity index (χ1) is 16.2. The van der Waals surface area contributed by atoms with Crippen molar-refractivity contribution in [2.75, 3.05) is 12.3 Å². The molecule has 34 heavy (non-hydrogen) atoms. The van der Waals surface area contributed by atoms with Gasteiger partial charge < -0.3 is 15.2 Å². The molecule has 0 aliphatic carbocycles. The molecule has 5 rings (SSSR count). The molecule has 174 valence electrons. The molecule has 0 spiro atoms. The molecule has 0 bridgehead atoms. The topological polar surface area (TPSA) is 74.4 Å². The number of aryl methyl sites for hydroxylation is 1. The van der Waals surface area contributed by atoms with Gasteiger partial charge in [0.2, 0.25) is 0 Å². The van der Waals surface area contributed by atoms with Gasteiger partial charge in [-0.15, -0.1) is 0 Å². The highest BCUT2D eigenvalue weighted by Gasteiger charge is 2.31. The van der Waals surface area contributed by atoms with Crippen LogP contribution < -0.4 is 10.5 Å². The Morgan fingerprint density at radius 1 is 1.15 bits per heavy atom. The number of carbonyl (C=O) groups is 1. The van der Waals surface area contributed by atoms with Crippen molar-refractivity contribution in [3.8, 4) is 16.9 Å². The highest BCUT2D eigenvalue weighted by atomic mass is 16.5. The molecule has 2 N–H and O–H groups in total. The fourth-order valence-electron chi connectivity index (χ4n) is 5.03. The van der Waals surface area contributed by atoms with E-state index in [4.69, 9.17) is 20.2 Å². The Balaban J connectivity index is 1.93. The van der Waals surface area contributed by atoms with Crippen LogP contribution in [0.1, 0.15) is 50.5 Å². The summed E-state index contributed by atoms with van der Waals surface area (Å²) < 4.78 is 12.3. The van der Waals surface area contributed by atoms with E-state index in [0.717, 1.165) is 56.1 Å². The Morgan fingerprint density at radius 2 is 1.94 bits per heavy atom. The van der Waals surface area contributed by atoms with Crippen molar-refractivity contribution in [1.29, 1.82) is 0 Å². The zero-order chi connectivity index (χ0) is 24.2. The van der Waals surface area contributed by atoms with Gasteiger partial charge >= 0.3 is 0 Å². The summed E-state index contributed by atoms with van der Waals surface area (Å²) in [5.41, 5.74) is 12.4. The van der Waals surface area contributed by atoms with Crippen molar-refractivity contribution in [2.45, 2.75) is 52.7 Å². The van der Waals surface area contributed by atoms with Crippen LogP contribution in [0.5, 0.6) is 5.75 Å². The Kier molecular flexibility index (Phi) is 5.33. The molecule has 1 aliphatic rings. The lowest BCUT2D eigenvalue weighted by Crippen LogP contribution is -2.27. The molecule has 1 aromatic heterocycles. The molecule has 5 heteroatoms. The third-order valence-corrected chi connectivity index (χ3v) is 6.41. The average molecular weight is 455 g/mol. The van der Waals surface area contributed by atoms with Gasteiger partial charge in [0, 0.05) is 34.6 Å². The molecule has 0 saturated heterocycles. The van der Waals surface area contributed by atoms with Crippen molar-refractivity contribution in [2.24, 2.45) is 0 Å². The van der Waals surface area contributed by atoms with E-state index < -0.39 is 11.7 Å². The molecule has 1 aliphatic heterocycles. The average Bonchev–Trinajstić information content (AvgIpc) is 2.78. The molecule has 0 saturated carbocycles. The van der Waals surface area contributed by atoms with Crippen molar-refractivity contribution in [3.05, 3.63) is 65.4 Å². The Morgan fingerprint density at radius 3 is 2.68 bits per heavy atom. The minimum absolute atomic E-state index is 0.0402. The second-order valence-electron chi connectivity index (χ2n) is 10.0. The molecular weight excluding hydrogens is 424 g/mol. The predicted molar refractivity (Wildman–Crippen MR) is 137 cm³/mol. The Labute approximate surface area is 199 Å². The van der Waals surface area contributed by atoms with Crippen molar-refractivity contribution < 1.29 is 14.3 Å². The standard InChI is InChI=1S/C29H30N2O3/c1-16-15-21-19(7-6-8-22(21)30)26(24(16)28(17(2)32)34-29(3,4)5)20-9-10-23-25-18(12-14-33-23)11-13-31-27(20)25/h6-11,13,15,28H,12,14,30H2,1-5H3/t28-/m1/s1. The number of nitrogens with two attached hydrogens (primary N) is 1. The quantitative estimate of drug-likeness (QED) is 0.365. The highest BCUT2D eigenvalue weighted by molar-refractivity contribution is 6.11. The van der Waals surface area contributed by atoms with Gasteiger partial charge in [-0.2, -0.15) is 0 Å². The number of Topliss-reactive ketones (excluding diaryl/α,β-unsaturated/α-hetero) is 1. The van der Waals surface area contributed by atoms with E-state index in [1.807, 2.05) is 52.1 Å². The normalized spacial score (nSPS) is 14.3. The number of carbonyl (C=O) groups excluding carboxylic acids is 1. The maximum absolute atomic E-state index is 13.0. The summed E-state index contributed by atoms with van der Waals surface area (Å²) in [5, 5.41) is 2.96. The molecule has 0 amide bonds. The number of nitrogen functional groups attached to an aromatic ring is 1. The zero-order valence-corrected chi connectivity index (χ0v) is 20.4. The molecule has 1 atom stereocenters. The third kappa shape index (κ3) is 3.70. The van der Waals surface area contributed by atoms with Crippen LogP contribution in [-0.4, -0.2) is 23.0 Å². The molecule has 5 nitrogen and oxygen atoms in total. The lowest BCUT2D eigenvalue weighted by atomic mass is 9.84. The van der Waals surface area contributed by atoms with Crippen LogP contribution in [0.3, 0.4) is 0 Å². The van der Waals surface area contributed by atoms with Crippen LogP contribution in [0.15, 0.2) is 48.7 Å². The minimum Gasteiger partial charge on any atom is -0.493 e. The van der Waals surface area contributed by atoms with E-state index in [1.165, 1.54) is 5.56 Å². The van der Waals surface area contributed by atoms with Crippen LogP contribution in [0, 0.1) is 6.92 Å². The van der Waals surface area contributed by atoms with Gasteiger partial charge in [-0.1, -0.05) is 12.1 Å². The fraction of sp³-hybridized carbons (Fsp3) is 0.310. The number of hydrogen-bond acceptors (Lipinski definition) is 5. The number of ether oxygens (including phenoxy) is 2. The molecule has 0 unspecified atom stereocenters. The van der Waals surface area contributed by atoms with Crippen LogP contribution in [0.2, 0.25) is 0 Å². The summed E-state index contributed by atoms with van der Waals surface area (Å²) in [6.45, 7) is 10.2. The monoisotopic (exact) mass is 454 g/mol.